The Morgan fingerprint density at radius 1 is 1.15 bits per heavy atom. The highest BCUT2D eigenvalue weighted by molar-refractivity contribution is 6.25. The molecule has 4 aliphatic rings. The molecule has 2 N–H and O–H groups in total. The average Bonchev–Trinajstić information content (AvgIpc) is 2.93. The molecule has 1 aliphatic carbocycles. The summed E-state index contributed by atoms with van der Waals surface area (Å²) in [6, 6.07) is 2.16. The van der Waals surface area contributed by atoms with Crippen LogP contribution in [0.3, 0.4) is 0 Å². The van der Waals surface area contributed by atoms with Crippen molar-refractivity contribution in [2.24, 2.45) is 0 Å². The van der Waals surface area contributed by atoms with Gasteiger partial charge in [0, 0.05) is 54.9 Å². The monoisotopic (exact) mass is 550 g/mol. The highest BCUT2D eigenvalue weighted by atomic mass is 16.7. The fraction of sp³-hybridized carbons (Fsp3) is 0.517. The van der Waals surface area contributed by atoms with E-state index < -0.39 is 18.1 Å². The number of allylic oxidation sites excluding steroid dienone is 2. The molecule has 0 spiro atoms. The van der Waals surface area contributed by atoms with Gasteiger partial charge in [-0.15, -0.1) is 0 Å². The second kappa shape index (κ2) is 10.7. The lowest BCUT2D eigenvalue weighted by molar-refractivity contribution is -0.122. The molecule has 212 valence electrons. The first-order valence-corrected chi connectivity index (χ1v) is 13.2. The molecule has 1 amide bonds. The number of methoxy groups -OCH3 is 3. The minimum Gasteiger partial charge on any atom is -0.493 e. The molecule has 11 nitrogen and oxygen atoms in total. The van der Waals surface area contributed by atoms with E-state index in [9.17, 15) is 19.6 Å². The number of rotatable bonds is 7. The highest BCUT2D eigenvalue weighted by Gasteiger charge is 2.56. The van der Waals surface area contributed by atoms with Gasteiger partial charge in [0.05, 0.1) is 32.4 Å². The van der Waals surface area contributed by atoms with Crippen LogP contribution in [-0.2, 0) is 30.3 Å². The summed E-state index contributed by atoms with van der Waals surface area (Å²) < 4.78 is 22.4. The van der Waals surface area contributed by atoms with Crippen molar-refractivity contribution < 1.29 is 33.3 Å². The first kappa shape index (κ1) is 27.8. The minimum atomic E-state index is -0.707. The van der Waals surface area contributed by atoms with Crippen LogP contribution in [0.4, 0.5) is 0 Å². The third-order valence-corrected chi connectivity index (χ3v) is 8.40. The van der Waals surface area contributed by atoms with Crippen molar-refractivity contribution in [3.05, 3.63) is 45.2 Å². The number of piperazine rings is 1. The molecule has 40 heavy (non-hydrogen) atoms. The Kier molecular flexibility index (Phi) is 7.44. The number of nitriles is 1. The van der Waals surface area contributed by atoms with E-state index in [2.05, 4.69) is 22.8 Å². The van der Waals surface area contributed by atoms with Crippen molar-refractivity contribution in [2.75, 3.05) is 34.7 Å². The smallest absolute Gasteiger partial charge is 0.226 e. The maximum Gasteiger partial charge on any atom is 0.226 e. The van der Waals surface area contributed by atoms with Gasteiger partial charge in [0.25, 0.3) is 0 Å². The van der Waals surface area contributed by atoms with E-state index in [4.69, 9.17) is 18.9 Å². The van der Waals surface area contributed by atoms with Crippen LogP contribution in [-0.4, -0.2) is 81.2 Å². The molecule has 0 radical (unpaired) electrons. The SMILES string of the molecule is COCOc1c(OC)c(C)cc2c1[C@@H]1N[C@@H](C2)[C@H](C#N)N2C1CC1=C(C(=O)C(OC)=C(C)C1=O)[C@@H]2CNC(C)=O. The van der Waals surface area contributed by atoms with Crippen molar-refractivity contribution in [2.45, 2.75) is 63.8 Å². The van der Waals surface area contributed by atoms with Gasteiger partial charge in [-0.25, -0.2) is 0 Å². The molecule has 11 heteroatoms. The third kappa shape index (κ3) is 4.18. The quantitative estimate of drug-likeness (QED) is 0.378. The average molecular weight is 551 g/mol. The Hall–Kier alpha value is -3.72. The first-order chi connectivity index (χ1) is 19.2. The van der Waals surface area contributed by atoms with Gasteiger partial charge in [-0.05, 0) is 37.8 Å². The summed E-state index contributed by atoms with van der Waals surface area (Å²) >= 11 is 0. The fourth-order valence-corrected chi connectivity index (χ4v) is 6.87. The van der Waals surface area contributed by atoms with Crippen molar-refractivity contribution in [3.63, 3.8) is 0 Å². The number of benzene rings is 1. The molecule has 1 fully saturated rings. The molecule has 0 saturated carbocycles. The predicted molar refractivity (Wildman–Crippen MR) is 142 cm³/mol. The number of ketones is 2. The number of carbonyl (C=O) groups is 3. The molecule has 0 aromatic heterocycles. The van der Waals surface area contributed by atoms with E-state index in [0.717, 1.165) is 16.7 Å². The molecule has 3 heterocycles. The fourth-order valence-electron chi connectivity index (χ4n) is 6.87. The molecule has 5 atom stereocenters. The summed E-state index contributed by atoms with van der Waals surface area (Å²) in [5, 5.41) is 16.9. The van der Waals surface area contributed by atoms with Crippen molar-refractivity contribution in [1.82, 2.24) is 15.5 Å². The number of fused-ring (bicyclic) bond motifs is 6. The predicted octanol–water partition coefficient (Wildman–Crippen LogP) is 1.40. The lowest BCUT2D eigenvalue weighted by Gasteiger charge is -2.57. The Bertz CT molecular complexity index is 1390. The Labute approximate surface area is 233 Å². The van der Waals surface area contributed by atoms with Crippen LogP contribution < -0.4 is 20.1 Å². The summed E-state index contributed by atoms with van der Waals surface area (Å²) in [5.74, 6) is 0.214. The second-order valence-corrected chi connectivity index (χ2v) is 10.6. The first-order valence-electron chi connectivity index (χ1n) is 13.2. The summed E-state index contributed by atoms with van der Waals surface area (Å²) in [5.41, 5.74) is 3.74. The molecular weight excluding hydrogens is 516 g/mol. The van der Waals surface area contributed by atoms with Gasteiger partial charge in [-0.2, -0.15) is 5.26 Å². The number of hydrogen-bond acceptors (Lipinski definition) is 10. The van der Waals surface area contributed by atoms with Crippen LogP contribution >= 0.6 is 0 Å². The van der Waals surface area contributed by atoms with Crippen molar-refractivity contribution in [3.8, 4) is 17.6 Å². The van der Waals surface area contributed by atoms with Crippen LogP contribution in [0.5, 0.6) is 11.5 Å². The number of ether oxygens (including phenoxy) is 4. The largest absolute Gasteiger partial charge is 0.493 e. The zero-order valence-corrected chi connectivity index (χ0v) is 23.5. The second-order valence-electron chi connectivity index (χ2n) is 10.6. The normalized spacial score (nSPS) is 27.4. The molecule has 3 aliphatic heterocycles. The number of Topliss-reactive ketones (excluding diaryl/α,β-unsaturated/α-hetero) is 2. The van der Waals surface area contributed by atoms with Gasteiger partial charge in [-0.3, -0.25) is 19.3 Å². The van der Waals surface area contributed by atoms with Crippen LogP contribution in [0, 0.1) is 18.3 Å². The maximum atomic E-state index is 13.7. The lowest BCUT2D eigenvalue weighted by atomic mass is 9.70. The van der Waals surface area contributed by atoms with E-state index in [0.29, 0.717) is 23.5 Å². The van der Waals surface area contributed by atoms with Crippen molar-refractivity contribution in [1.29, 1.82) is 5.26 Å². The topological polar surface area (TPSA) is 139 Å². The highest BCUT2D eigenvalue weighted by Crippen LogP contribution is 2.51. The zero-order valence-electron chi connectivity index (χ0n) is 23.5. The van der Waals surface area contributed by atoms with E-state index in [-0.39, 0.29) is 66.2 Å². The standard InChI is InChI=1S/C29H34N4O7/c1-13-7-16-8-18-20(10-30)33-19(24(32-18)22(16)29(27(13)38-5)40-12-37-4)9-17-23(21(33)11-31-15(3)34)26(36)28(39-6)14(2)25(17)35/h7,18-21,24,32H,8-9,11-12H2,1-6H3,(H,31,34)/t18-,19?,20-,21-,24+/m0/s1. The van der Waals surface area contributed by atoms with E-state index in [1.54, 1.807) is 21.1 Å². The number of hydrogen-bond donors (Lipinski definition) is 2. The molecule has 5 rings (SSSR count). The Balaban J connectivity index is 1.71. The van der Waals surface area contributed by atoms with Gasteiger partial charge in [0.1, 0.15) is 6.04 Å². The lowest BCUT2D eigenvalue weighted by Crippen LogP contribution is -2.71. The minimum absolute atomic E-state index is 0.000305. The molecule has 1 unspecified atom stereocenters. The molecule has 1 aromatic carbocycles. The van der Waals surface area contributed by atoms with E-state index >= 15 is 0 Å². The van der Waals surface area contributed by atoms with Crippen LogP contribution in [0.2, 0.25) is 0 Å². The van der Waals surface area contributed by atoms with Gasteiger partial charge in [0.2, 0.25) is 11.7 Å². The van der Waals surface area contributed by atoms with Gasteiger partial charge in [-0.1, -0.05) is 6.07 Å². The number of amides is 1. The van der Waals surface area contributed by atoms with Crippen LogP contribution in [0.15, 0.2) is 28.5 Å². The maximum absolute atomic E-state index is 13.7. The molecule has 1 saturated heterocycles. The number of carbonyl (C=O) groups excluding carboxylic acids is 3. The van der Waals surface area contributed by atoms with Crippen molar-refractivity contribution >= 4 is 17.5 Å². The zero-order chi connectivity index (χ0) is 28.9. The van der Waals surface area contributed by atoms with Crippen LogP contribution in [0.1, 0.15) is 43.0 Å². The van der Waals surface area contributed by atoms with Crippen LogP contribution in [0.25, 0.3) is 0 Å². The Morgan fingerprint density at radius 3 is 2.52 bits per heavy atom. The number of nitrogens with zero attached hydrogens (tertiary/aromatic N) is 2. The van der Waals surface area contributed by atoms with Gasteiger partial charge < -0.3 is 29.6 Å². The number of nitrogens with one attached hydrogen (secondary N) is 2. The van der Waals surface area contributed by atoms with Gasteiger partial charge in [0.15, 0.2) is 29.8 Å². The molecular formula is C29H34N4O7. The summed E-state index contributed by atoms with van der Waals surface area (Å²) in [7, 11) is 4.49. The molecule has 2 bridgehead atoms. The molecule has 1 aromatic rings. The summed E-state index contributed by atoms with van der Waals surface area (Å²) in [4.78, 5) is 41.4. The Morgan fingerprint density at radius 2 is 1.90 bits per heavy atom. The van der Waals surface area contributed by atoms with E-state index in [1.165, 1.54) is 14.0 Å². The third-order valence-electron chi connectivity index (χ3n) is 8.40. The summed E-state index contributed by atoms with van der Waals surface area (Å²) in [6.45, 7) is 5.00. The number of aryl methyl sites for hydroxylation is 1. The summed E-state index contributed by atoms with van der Waals surface area (Å²) in [6.07, 6.45) is 0.766. The van der Waals surface area contributed by atoms with Gasteiger partial charge >= 0.3 is 0 Å². The van der Waals surface area contributed by atoms with E-state index in [1.807, 2.05) is 11.8 Å².